The van der Waals surface area contributed by atoms with Crippen molar-refractivity contribution < 1.29 is 4.79 Å². The van der Waals surface area contributed by atoms with E-state index in [2.05, 4.69) is 31.7 Å². The SMILES string of the molecule is CCCn1cnnc1C1CN(C(=O)CCc2nc3ccc(Cl)cc3[nH]2)CC12CCC2. The molecular formula is C22H27ClN6O. The van der Waals surface area contributed by atoms with Gasteiger partial charge >= 0.3 is 0 Å². The number of aryl methyl sites for hydroxylation is 2. The summed E-state index contributed by atoms with van der Waals surface area (Å²) in [5, 5.41) is 9.31. The van der Waals surface area contributed by atoms with Crippen molar-refractivity contribution >= 4 is 28.5 Å². The zero-order valence-corrected chi connectivity index (χ0v) is 18.0. The second-order valence-corrected chi connectivity index (χ2v) is 9.21. The molecule has 158 valence electrons. The third kappa shape index (κ3) is 3.39. The fraction of sp³-hybridized carbons (Fsp3) is 0.545. The molecule has 1 spiro atoms. The Bertz CT molecular complexity index is 1070. The average Bonchev–Trinajstić information content (AvgIpc) is 3.41. The lowest BCUT2D eigenvalue weighted by atomic mass is 9.62. The number of nitrogens with zero attached hydrogens (tertiary/aromatic N) is 5. The van der Waals surface area contributed by atoms with Crippen molar-refractivity contribution in [3.8, 4) is 0 Å². The van der Waals surface area contributed by atoms with Crippen LogP contribution in [-0.2, 0) is 17.8 Å². The van der Waals surface area contributed by atoms with E-state index in [1.807, 2.05) is 29.4 Å². The summed E-state index contributed by atoms with van der Waals surface area (Å²) in [6, 6.07) is 5.60. The summed E-state index contributed by atoms with van der Waals surface area (Å²) in [7, 11) is 0. The zero-order valence-electron chi connectivity index (χ0n) is 17.3. The van der Waals surface area contributed by atoms with Crippen LogP contribution in [0.2, 0.25) is 5.02 Å². The Kier molecular flexibility index (Phi) is 5.01. The molecule has 1 unspecified atom stereocenters. The quantitative estimate of drug-likeness (QED) is 0.647. The maximum absolute atomic E-state index is 13.1. The number of rotatable bonds is 6. The third-order valence-corrected chi connectivity index (χ3v) is 7.08. The van der Waals surface area contributed by atoms with Crippen LogP contribution in [0.5, 0.6) is 0 Å². The van der Waals surface area contributed by atoms with Crippen molar-refractivity contribution in [2.24, 2.45) is 5.41 Å². The van der Waals surface area contributed by atoms with Gasteiger partial charge in [0.2, 0.25) is 5.91 Å². The molecule has 2 aliphatic rings. The highest BCUT2D eigenvalue weighted by molar-refractivity contribution is 6.31. The van der Waals surface area contributed by atoms with Crippen molar-refractivity contribution in [1.29, 1.82) is 0 Å². The molecule has 1 saturated heterocycles. The molecule has 30 heavy (non-hydrogen) atoms. The number of H-pyrrole nitrogens is 1. The normalized spacial score (nSPS) is 20.2. The van der Waals surface area contributed by atoms with Crippen LogP contribution >= 0.6 is 11.6 Å². The van der Waals surface area contributed by atoms with E-state index in [1.165, 1.54) is 19.3 Å². The van der Waals surface area contributed by atoms with E-state index in [1.54, 1.807) is 0 Å². The highest BCUT2D eigenvalue weighted by Gasteiger charge is 2.53. The predicted molar refractivity (Wildman–Crippen MR) is 115 cm³/mol. The first kappa shape index (κ1) is 19.5. The summed E-state index contributed by atoms with van der Waals surface area (Å²) in [4.78, 5) is 23.0. The van der Waals surface area contributed by atoms with Crippen LogP contribution in [0, 0.1) is 5.41 Å². The van der Waals surface area contributed by atoms with Gasteiger partial charge in [0, 0.05) is 43.4 Å². The van der Waals surface area contributed by atoms with E-state index >= 15 is 0 Å². The van der Waals surface area contributed by atoms with Crippen molar-refractivity contribution in [3.63, 3.8) is 0 Å². The van der Waals surface area contributed by atoms with Gasteiger partial charge in [0.25, 0.3) is 0 Å². The number of benzene rings is 1. The lowest BCUT2D eigenvalue weighted by Gasteiger charge is -2.42. The van der Waals surface area contributed by atoms with Gasteiger partial charge < -0.3 is 14.5 Å². The second-order valence-electron chi connectivity index (χ2n) is 8.77. The van der Waals surface area contributed by atoms with Crippen LogP contribution in [-0.4, -0.2) is 48.6 Å². The van der Waals surface area contributed by atoms with E-state index in [0.717, 1.165) is 48.7 Å². The molecule has 1 aliphatic carbocycles. The number of hydrogen-bond acceptors (Lipinski definition) is 4. The number of carbonyl (C=O) groups is 1. The van der Waals surface area contributed by atoms with Gasteiger partial charge in [0.05, 0.1) is 11.0 Å². The molecule has 1 aliphatic heterocycles. The first-order valence-corrected chi connectivity index (χ1v) is 11.3. The maximum Gasteiger partial charge on any atom is 0.223 e. The number of fused-ring (bicyclic) bond motifs is 1. The van der Waals surface area contributed by atoms with Crippen molar-refractivity contribution in [2.75, 3.05) is 13.1 Å². The largest absolute Gasteiger partial charge is 0.342 e. The number of aromatic nitrogens is 5. The summed E-state index contributed by atoms with van der Waals surface area (Å²) in [5.41, 5.74) is 1.98. The van der Waals surface area contributed by atoms with Gasteiger partial charge in [-0.05, 0) is 42.9 Å². The van der Waals surface area contributed by atoms with Crippen molar-refractivity contribution in [2.45, 2.75) is 57.9 Å². The second kappa shape index (κ2) is 7.69. The number of hydrogen-bond donors (Lipinski definition) is 1. The first-order chi connectivity index (χ1) is 14.6. The number of amides is 1. The molecule has 3 aromatic rings. The Hall–Kier alpha value is -2.41. The van der Waals surface area contributed by atoms with Gasteiger partial charge in [0.15, 0.2) is 0 Å². The molecule has 7 nitrogen and oxygen atoms in total. The summed E-state index contributed by atoms with van der Waals surface area (Å²) < 4.78 is 2.18. The average molecular weight is 427 g/mol. The summed E-state index contributed by atoms with van der Waals surface area (Å²) in [6.45, 7) is 4.68. The molecule has 3 heterocycles. The molecule has 2 aromatic heterocycles. The molecular weight excluding hydrogens is 400 g/mol. The number of nitrogens with one attached hydrogen (secondary N) is 1. The topological polar surface area (TPSA) is 79.7 Å². The van der Waals surface area contributed by atoms with E-state index in [-0.39, 0.29) is 17.2 Å². The molecule has 2 fully saturated rings. The minimum absolute atomic E-state index is 0.185. The van der Waals surface area contributed by atoms with Crippen LogP contribution in [0.15, 0.2) is 24.5 Å². The minimum Gasteiger partial charge on any atom is -0.342 e. The molecule has 1 saturated carbocycles. The Morgan fingerprint density at radius 2 is 2.23 bits per heavy atom. The lowest BCUT2D eigenvalue weighted by molar-refractivity contribution is -0.130. The van der Waals surface area contributed by atoms with Gasteiger partial charge in [-0.3, -0.25) is 4.79 Å². The highest BCUT2D eigenvalue weighted by atomic mass is 35.5. The highest BCUT2D eigenvalue weighted by Crippen LogP contribution is 2.55. The monoisotopic (exact) mass is 426 g/mol. The van der Waals surface area contributed by atoms with Gasteiger partial charge in [-0.1, -0.05) is 24.9 Å². The van der Waals surface area contributed by atoms with Crippen LogP contribution < -0.4 is 0 Å². The van der Waals surface area contributed by atoms with E-state index in [0.29, 0.717) is 17.9 Å². The molecule has 1 amide bonds. The predicted octanol–water partition coefficient (Wildman–Crippen LogP) is 3.95. The fourth-order valence-corrected chi connectivity index (χ4v) is 5.31. The molecule has 0 bridgehead atoms. The summed E-state index contributed by atoms with van der Waals surface area (Å²) >= 11 is 6.05. The van der Waals surface area contributed by atoms with Crippen molar-refractivity contribution in [1.82, 2.24) is 29.6 Å². The Balaban J connectivity index is 1.28. The number of carbonyl (C=O) groups excluding carboxylic acids is 1. The molecule has 8 heteroatoms. The van der Waals surface area contributed by atoms with E-state index < -0.39 is 0 Å². The van der Waals surface area contributed by atoms with Crippen LogP contribution in [0.4, 0.5) is 0 Å². The molecule has 1 N–H and O–H groups in total. The number of imidazole rings is 1. The smallest absolute Gasteiger partial charge is 0.223 e. The maximum atomic E-state index is 13.1. The van der Waals surface area contributed by atoms with Gasteiger partial charge in [-0.25, -0.2) is 4.98 Å². The summed E-state index contributed by atoms with van der Waals surface area (Å²) in [5.74, 6) is 2.37. The zero-order chi connectivity index (χ0) is 20.7. The Morgan fingerprint density at radius 3 is 3.00 bits per heavy atom. The molecule has 1 atom stereocenters. The third-order valence-electron chi connectivity index (χ3n) is 6.84. The van der Waals surface area contributed by atoms with Crippen LogP contribution in [0.1, 0.15) is 56.6 Å². The molecule has 0 radical (unpaired) electrons. The molecule has 1 aromatic carbocycles. The summed E-state index contributed by atoms with van der Waals surface area (Å²) in [6.07, 6.45) is 7.53. The minimum atomic E-state index is 0.185. The number of aromatic amines is 1. The van der Waals surface area contributed by atoms with E-state index in [9.17, 15) is 4.79 Å². The molecule has 5 rings (SSSR count). The Morgan fingerprint density at radius 1 is 1.37 bits per heavy atom. The van der Waals surface area contributed by atoms with Crippen LogP contribution in [0.3, 0.4) is 0 Å². The van der Waals surface area contributed by atoms with Gasteiger partial charge in [-0.15, -0.1) is 10.2 Å². The number of likely N-dealkylation sites (tertiary alicyclic amines) is 1. The fourth-order valence-electron chi connectivity index (χ4n) is 5.14. The standard InChI is InChI=1S/C22H27ClN6O/c1-2-10-28-14-24-27-21(28)16-12-29(13-22(16)8-3-9-22)20(30)7-6-19-25-17-5-4-15(23)11-18(17)26-19/h4-5,11,14,16H,2-3,6-10,12-13H2,1H3,(H,25,26). The lowest BCUT2D eigenvalue weighted by Crippen LogP contribution is -2.38. The first-order valence-electron chi connectivity index (χ1n) is 10.9. The van der Waals surface area contributed by atoms with Crippen molar-refractivity contribution in [3.05, 3.63) is 41.2 Å². The van der Waals surface area contributed by atoms with Crippen LogP contribution in [0.25, 0.3) is 11.0 Å². The van der Waals surface area contributed by atoms with Gasteiger partial charge in [0.1, 0.15) is 18.0 Å². The Labute approximate surface area is 180 Å². The van der Waals surface area contributed by atoms with E-state index in [4.69, 9.17) is 11.6 Å². The van der Waals surface area contributed by atoms with Gasteiger partial charge in [-0.2, -0.15) is 0 Å². The number of halogens is 1.